The van der Waals surface area contributed by atoms with Crippen molar-refractivity contribution >= 4 is 11.9 Å². The third-order valence-corrected chi connectivity index (χ3v) is 3.94. The summed E-state index contributed by atoms with van der Waals surface area (Å²) in [5.74, 6) is -0.811. The standard InChI is InChI=1S/C16H21NO4/c1-11-7-8-14(18)13(9-11)16(20)17(10-15(19)21-2)12-5-3-4-6-12/h7-9,12,18H,3-6,10H2,1-2H3. The lowest BCUT2D eigenvalue weighted by Crippen LogP contribution is -2.42. The van der Waals surface area contributed by atoms with Gasteiger partial charge in [-0.25, -0.2) is 0 Å². The highest BCUT2D eigenvalue weighted by Gasteiger charge is 2.30. The van der Waals surface area contributed by atoms with Crippen LogP contribution in [0.4, 0.5) is 0 Å². The number of benzene rings is 1. The molecule has 0 aliphatic heterocycles. The molecular weight excluding hydrogens is 270 g/mol. The van der Waals surface area contributed by atoms with Crippen LogP contribution in [-0.2, 0) is 9.53 Å². The Kier molecular flexibility index (Phi) is 4.83. The number of carbonyl (C=O) groups excluding carboxylic acids is 2. The van der Waals surface area contributed by atoms with E-state index in [2.05, 4.69) is 4.74 Å². The number of hydrogen-bond acceptors (Lipinski definition) is 4. The number of ether oxygens (including phenoxy) is 1. The van der Waals surface area contributed by atoms with Gasteiger partial charge < -0.3 is 14.7 Å². The molecule has 1 N–H and O–H groups in total. The summed E-state index contributed by atoms with van der Waals surface area (Å²) in [6.45, 7) is 1.78. The number of aryl methyl sites for hydroxylation is 1. The summed E-state index contributed by atoms with van der Waals surface area (Å²) in [4.78, 5) is 25.8. The highest BCUT2D eigenvalue weighted by atomic mass is 16.5. The maximum atomic E-state index is 12.7. The topological polar surface area (TPSA) is 66.8 Å². The van der Waals surface area contributed by atoms with Crippen LogP contribution < -0.4 is 0 Å². The van der Waals surface area contributed by atoms with Gasteiger partial charge in [-0.1, -0.05) is 24.5 Å². The van der Waals surface area contributed by atoms with Crippen molar-refractivity contribution in [3.63, 3.8) is 0 Å². The minimum absolute atomic E-state index is 0.0384. The molecule has 0 bridgehead atoms. The van der Waals surface area contributed by atoms with E-state index in [0.29, 0.717) is 0 Å². The Morgan fingerprint density at radius 3 is 2.62 bits per heavy atom. The van der Waals surface area contributed by atoms with Gasteiger partial charge in [-0.15, -0.1) is 0 Å². The molecule has 0 spiro atoms. The molecule has 21 heavy (non-hydrogen) atoms. The summed E-state index contributed by atoms with van der Waals surface area (Å²) in [5.41, 5.74) is 1.13. The lowest BCUT2D eigenvalue weighted by molar-refractivity contribution is -0.141. The molecule has 0 aromatic heterocycles. The number of methoxy groups -OCH3 is 1. The Morgan fingerprint density at radius 2 is 2.00 bits per heavy atom. The van der Waals surface area contributed by atoms with E-state index in [1.54, 1.807) is 12.1 Å². The van der Waals surface area contributed by atoms with Crippen molar-refractivity contribution in [3.05, 3.63) is 29.3 Å². The molecular formula is C16H21NO4. The minimum atomic E-state index is -0.442. The fourth-order valence-corrected chi connectivity index (χ4v) is 2.76. The average Bonchev–Trinajstić information content (AvgIpc) is 3.00. The van der Waals surface area contributed by atoms with Crippen LogP contribution in [0, 0.1) is 6.92 Å². The maximum Gasteiger partial charge on any atom is 0.325 e. The number of rotatable bonds is 4. The second-order valence-electron chi connectivity index (χ2n) is 5.47. The zero-order chi connectivity index (χ0) is 15.4. The molecule has 5 heteroatoms. The first-order chi connectivity index (χ1) is 10.0. The van der Waals surface area contributed by atoms with Gasteiger partial charge >= 0.3 is 5.97 Å². The number of aromatic hydroxyl groups is 1. The number of amides is 1. The Hall–Kier alpha value is -2.04. The van der Waals surface area contributed by atoms with Crippen LogP contribution in [0.5, 0.6) is 5.75 Å². The van der Waals surface area contributed by atoms with Crippen LogP contribution in [0.1, 0.15) is 41.6 Å². The van der Waals surface area contributed by atoms with Crippen molar-refractivity contribution < 1.29 is 19.4 Å². The van der Waals surface area contributed by atoms with Crippen molar-refractivity contribution in [1.82, 2.24) is 4.90 Å². The van der Waals surface area contributed by atoms with Crippen LogP contribution in [0.2, 0.25) is 0 Å². The van der Waals surface area contributed by atoms with Gasteiger partial charge in [0.05, 0.1) is 12.7 Å². The van der Waals surface area contributed by atoms with Gasteiger partial charge in [0, 0.05) is 6.04 Å². The van der Waals surface area contributed by atoms with E-state index in [-0.39, 0.29) is 29.8 Å². The van der Waals surface area contributed by atoms with Crippen molar-refractivity contribution in [3.8, 4) is 5.75 Å². The maximum absolute atomic E-state index is 12.7. The zero-order valence-electron chi connectivity index (χ0n) is 12.5. The second kappa shape index (κ2) is 6.61. The third-order valence-electron chi connectivity index (χ3n) is 3.94. The highest BCUT2D eigenvalue weighted by Crippen LogP contribution is 2.27. The summed E-state index contributed by atoms with van der Waals surface area (Å²) >= 11 is 0. The van der Waals surface area contributed by atoms with Gasteiger partial charge in [-0.2, -0.15) is 0 Å². The molecule has 1 saturated carbocycles. The van der Waals surface area contributed by atoms with Crippen molar-refractivity contribution in [1.29, 1.82) is 0 Å². The zero-order valence-corrected chi connectivity index (χ0v) is 12.5. The van der Waals surface area contributed by atoms with Crippen molar-refractivity contribution in [2.75, 3.05) is 13.7 Å². The van der Waals surface area contributed by atoms with Crippen LogP contribution in [0.15, 0.2) is 18.2 Å². The lowest BCUT2D eigenvalue weighted by atomic mass is 10.1. The number of esters is 1. The van der Waals surface area contributed by atoms with Crippen molar-refractivity contribution in [2.24, 2.45) is 0 Å². The first kappa shape index (κ1) is 15.4. The molecule has 0 unspecified atom stereocenters. The van der Waals surface area contributed by atoms with E-state index >= 15 is 0 Å². The van der Waals surface area contributed by atoms with Gasteiger partial charge in [0.1, 0.15) is 12.3 Å². The Morgan fingerprint density at radius 1 is 1.33 bits per heavy atom. The molecule has 1 aromatic carbocycles. The van der Waals surface area contributed by atoms with E-state index in [9.17, 15) is 14.7 Å². The Labute approximate surface area is 124 Å². The second-order valence-corrected chi connectivity index (χ2v) is 5.47. The van der Waals surface area contributed by atoms with Crippen LogP contribution in [0.3, 0.4) is 0 Å². The molecule has 5 nitrogen and oxygen atoms in total. The van der Waals surface area contributed by atoms with Gasteiger partial charge in [-0.05, 0) is 31.9 Å². The van der Waals surface area contributed by atoms with Crippen LogP contribution in [0.25, 0.3) is 0 Å². The molecule has 0 heterocycles. The normalized spacial score (nSPS) is 15.0. The van der Waals surface area contributed by atoms with Gasteiger partial charge in [0.15, 0.2) is 0 Å². The Bertz CT molecular complexity index is 535. The fourth-order valence-electron chi connectivity index (χ4n) is 2.76. The van der Waals surface area contributed by atoms with E-state index < -0.39 is 5.97 Å². The van der Waals surface area contributed by atoms with E-state index in [1.807, 2.05) is 6.92 Å². The van der Waals surface area contributed by atoms with Gasteiger partial charge in [0.2, 0.25) is 0 Å². The van der Waals surface area contributed by atoms with Crippen LogP contribution in [-0.4, -0.2) is 41.6 Å². The van der Waals surface area contributed by atoms with Crippen LogP contribution >= 0.6 is 0 Å². The number of phenols is 1. The number of phenolic OH excluding ortho intramolecular Hbond substituents is 1. The summed E-state index contributed by atoms with van der Waals surface area (Å²) in [7, 11) is 1.31. The smallest absolute Gasteiger partial charge is 0.325 e. The summed E-state index contributed by atoms with van der Waals surface area (Å²) in [6, 6.07) is 4.94. The van der Waals surface area contributed by atoms with E-state index in [4.69, 9.17) is 0 Å². The SMILES string of the molecule is COC(=O)CN(C(=O)c1cc(C)ccc1O)C1CCCC1. The number of hydrogen-bond donors (Lipinski definition) is 1. The molecule has 1 aliphatic carbocycles. The molecule has 0 atom stereocenters. The first-order valence-corrected chi connectivity index (χ1v) is 7.20. The van der Waals surface area contributed by atoms with Gasteiger partial charge in [-0.3, -0.25) is 9.59 Å². The molecule has 114 valence electrons. The minimum Gasteiger partial charge on any atom is -0.507 e. The Balaban J connectivity index is 2.28. The number of carbonyl (C=O) groups is 2. The molecule has 0 radical (unpaired) electrons. The molecule has 1 aliphatic rings. The molecule has 1 fully saturated rings. The molecule has 1 amide bonds. The summed E-state index contributed by atoms with van der Waals surface area (Å²) in [6.07, 6.45) is 3.87. The quantitative estimate of drug-likeness (QED) is 0.864. The molecule has 2 rings (SSSR count). The van der Waals surface area contributed by atoms with Gasteiger partial charge in [0.25, 0.3) is 5.91 Å². The third kappa shape index (κ3) is 3.54. The predicted molar refractivity (Wildman–Crippen MR) is 78.2 cm³/mol. The fraction of sp³-hybridized carbons (Fsp3) is 0.500. The molecule has 0 saturated heterocycles. The molecule has 1 aromatic rings. The average molecular weight is 291 g/mol. The number of nitrogens with zero attached hydrogens (tertiary/aromatic N) is 1. The lowest BCUT2D eigenvalue weighted by Gasteiger charge is -2.28. The van der Waals surface area contributed by atoms with E-state index in [1.165, 1.54) is 18.1 Å². The largest absolute Gasteiger partial charge is 0.507 e. The summed E-state index contributed by atoms with van der Waals surface area (Å²) < 4.78 is 4.68. The van der Waals surface area contributed by atoms with Crippen molar-refractivity contribution in [2.45, 2.75) is 38.6 Å². The summed E-state index contributed by atoms with van der Waals surface area (Å²) in [5, 5.41) is 9.92. The van der Waals surface area contributed by atoms with E-state index in [0.717, 1.165) is 31.2 Å². The highest BCUT2D eigenvalue weighted by molar-refractivity contribution is 5.98. The monoisotopic (exact) mass is 291 g/mol. The first-order valence-electron chi connectivity index (χ1n) is 7.20. The predicted octanol–water partition coefficient (Wildman–Crippen LogP) is 2.26.